The van der Waals surface area contributed by atoms with E-state index in [1.54, 1.807) is 18.2 Å². The first-order valence-electron chi connectivity index (χ1n) is 6.77. The number of ketones is 1. The molecule has 0 amide bonds. The topological polar surface area (TPSA) is 97.7 Å². The number of rotatable bonds is 6. The molecule has 0 atom stereocenters. The lowest BCUT2D eigenvalue weighted by molar-refractivity contribution is 0.0695. The van der Waals surface area contributed by atoms with E-state index in [0.29, 0.717) is 0 Å². The lowest BCUT2D eigenvalue weighted by Crippen LogP contribution is -2.13. The summed E-state index contributed by atoms with van der Waals surface area (Å²) in [7, 11) is 0.975. The SMILES string of the molecule is C#CCOc1cc(C(=O)O)cc(S(=O)(=O)Cl)c1C(=O)c1ccccc1. The van der Waals surface area contributed by atoms with Crippen LogP contribution in [0.2, 0.25) is 0 Å². The van der Waals surface area contributed by atoms with Crippen molar-refractivity contribution in [2.45, 2.75) is 4.90 Å². The minimum absolute atomic E-state index is 0.178. The molecule has 25 heavy (non-hydrogen) atoms. The van der Waals surface area contributed by atoms with Crippen molar-refractivity contribution in [1.29, 1.82) is 0 Å². The number of carbonyl (C=O) groups is 2. The molecule has 2 aromatic carbocycles. The fourth-order valence-electron chi connectivity index (χ4n) is 2.10. The van der Waals surface area contributed by atoms with Gasteiger partial charge in [-0.25, -0.2) is 13.2 Å². The second-order valence-electron chi connectivity index (χ2n) is 4.78. The van der Waals surface area contributed by atoms with E-state index < -0.39 is 31.3 Å². The maximum absolute atomic E-state index is 12.8. The summed E-state index contributed by atoms with van der Waals surface area (Å²) >= 11 is 0. The van der Waals surface area contributed by atoms with Crippen molar-refractivity contribution < 1.29 is 27.9 Å². The normalized spacial score (nSPS) is 10.7. The Morgan fingerprint density at radius 1 is 1.16 bits per heavy atom. The standard InChI is InChI=1S/C17H11ClO6S/c1-2-8-24-13-9-12(17(20)21)10-14(25(18,22)23)15(13)16(19)11-6-4-3-5-7-11/h1,3-7,9-10H,8H2,(H,20,21). The van der Waals surface area contributed by atoms with Gasteiger partial charge in [0.15, 0.2) is 5.78 Å². The zero-order chi connectivity index (χ0) is 18.6. The summed E-state index contributed by atoms with van der Waals surface area (Å²) in [5.41, 5.74) is -0.602. The number of hydrogen-bond donors (Lipinski definition) is 1. The molecular formula is C17H11ClO6S. The zero-order valence-corrected chi connectivity index (χ0v) is 14.2. The molecule has 128 valence electrons. The van der Waals surface area contributed by atoms with E-state index in [1.165, 1.54) is 12.1 Å². The third-order valence-electron chi connectivity index (χ3n) is 3.15. The van der Waals surface area contributed by atoms with Crippen LogP contribution >= 0.6 is 10.7 Å². The third kappa shape index (κ3) is 4.18. The molecular weight excluding hydrogens is 368 g/mol. The average molecular weight is 379 g/mol. The molecule has 0 radical (unpaired) electrons. The fourth-order valence-corrected chi connectivity index (χ4v) is 3.17. The van der Waals surface area contributed by atoms with Crippen LogP contribution in [0.25, 0.3) is 0 Å². The van der Waals surface area contributed by atoms with E-state index in [-0.39, 0.29) is 23.5 Å². The van der Waals surface area contributed by atoms with Crippen LogP contribution in [0.5, 0.6) is 5.75 Å². The van der Waals surface area contributed by atoms with Gasteiger partial charge in [0.25, 0.3) is 9.05 Å². The van der Waals surface area contributed by atoms with E-state index in [2.05, 4.69) is 5.92 Å². The number of halogens is 1. The molecule has 0 aliphatic rings. The molecule has 6 nitrogen and oxygen atoms in total. The Hall–Kier alpha value is -2.82. The van der Waals surface area contributed by atoms with E-state index in [0.717, 1.165) is 12.1 Å². The largest absolute Gasteiger partial charge is 0.480 e. The van der Waals surface area contributed by atoms with Gasteiger partial charge in [0, 0.05) is 16.2 Å². The summed E-state index contributed by atoms with van der Waals surface area (Å²) < 4.78 is 29.0. The smallest absolute Gasteiger partial charge is 0.335 e. The van der Waals surface area contributed by atoms with Crippen LogP contribution in [0.3, 0.4) is 0 Å². The van der Waals surface area contributed by atoms with Crippen molar-refractivity contribution in [3.63, 3.8) is 0 Å². The fraction of sp³-hybridized carbons (Fsp3) is 0.0588. The maximum atomic E-state index is 12.8. The van der Waals surface area contributed by atoms with Crippen molar-refractivity contribution >= 4 is 31.5 Å². The quantitative estimate of drug-likeness (QED) is 0.471. The molecule has 0 aliphatic heterocycles. The van der Waals surface area contributed by atoms with Crippen LogP contribution in [0, 0.1) is 12.3 Å². The second kappa shape index (κ2) is 7.38. The molecule has 0 saturated carbocycles. The highest BCUT2D eigenvalue weighted by molar-refractivity contribution is 8.13. The number of carboxylic acid groups (broad SMARTS) is 1. The Kier molecular flexibility index (Phi) is 5.47. The van der Waals surface area contributed by atoms with Gasteiger partial charge in [-0.3, -0.25) is 4.79 Å². The first-order chi connectivity index (χ1) is 11.8. The van der Waals surface area contributed by atoms with Gasteiger partial charge < -0.3 is 9.84 Å². The molecule has 1 N–H and O–H groups in total. The summed E-state index contributed by atoms with van der Waals surface area (Å²) in [4.78, 5) is 23.4. The van der Waals surface area contributed by atoms with E-state index >= 15 is 0 Å². The summed E-state index contributed by atoms with van der Waals surface area (Å²) in [6, 6.07) is 9.65. The highest BCUT2D eigenvalue weighted by atomic mass is 35.7. The van der Waals surface area contributed by atoms with Crippen LogP contribution < -0.4 is 4.74 Å². The number of carboxylic acids is 1. The Bertz CT molecular complexity index is 974. The van der Waals surface area contributed by atoms with Crippen LogP contribution in [0.1, 0.15) is 26.3 Å². The molecule has 0 aromatic heterocycles. The van der Waals surface area contributed by atoms with Gasteiger partial charge in [0.05, 0.1) is 16.0 Å². The van der Waals surface area contributed by atoms with Crippen LogP contribution in [-0.4, -0.2) is 31.9 Å². The predicted octanol–water partition coefficient (Wildman–Crippen LogP) is 2.56. The Balaban J connectivity index is 2.80. The minimum atomic E-state index is -4.43. The lowest BCUT2D eigenvalue weighted by atomic mass is 10.0. The van der Waals surface area contributed by atoms with Gasteiger partial charge in [0.2, 0.25) is 0 Å². The predicted molar refractivity (Wildman–Crippen MR) is 90.6 cm³/mol. The summed E-state index contributed by atoms with van der Waals surface area (Å²) in [5, 5.41) is 9.15. The van der Waals surface area contributed by atoms with Crippen LogP contribution in [0.15, 0.2) is 47.4 Å². The monoisotopic (exact) mass is 378 g/mol. The molecule has 0 fully saturated rings. The number of terminal acetylenes is 1. The number of benzene rings is 2. The van der Waals surface area contributed by atoms with E-state index in [4.69, 9.17) is 26.9 Å². The van der Waals surface area contributed by atoms with Gasteiger partial charge in [-0.05, 0) is 12.1 Å². The Labute approximate surface area is 148 Å². The molecule has 0 saturated heterocycles. The molecule has 0 aliphatic carbocycles. The van der Waals surface area contributed by atoms with Gasteiger partial charge in [-0.1, -0.05) is 36.3 Å². The van der Waals surface area contributed by atoms with Crippen molar-refractivity contribution in [1.82, 2.24) is 0 Å². The summed E-state index contributed by atoms with van der Waals surface area (Å²) in [6.45, 7) is -0.292. The zero-order valence-electron chi connectivity index (χ0n) is 12.6. The first-order valence-corrected chi connectivity index (χ1v) is 9.08. The number of aromatic carboxylic acids is 1. The molecule has 0 heterocycles. The molecule has 0 bridgehead atoms. The molecule has 2 aromatic rings. The summed E-state index contributed by atoms with van der Waals surface area (Å²) in [5.74, 6) is -0.209. The maximum Gasteiger partial charge on any atom is 0.335 e. The van der Waals surface area contributed by atoms with E-state index in [9.17, 15) is 18.0 Å². The lowest BCUT2D eigenvalue weighted by Gasteiger charge is -2.14. The third-order valence-corrected chi connectivity index (χ3v) is 4.50. The van der Waals surface area contributed by atoms with Gasteiger partial charge >= 0.3 is 5.97 Å². The van der Waals surface area contributed by atoms with Gasteiger partial charge in [0.1, 0.15) is 12.4 Å². The van der Waals surface area contributed by atoms with Crippen LogP contribution in [0.4, 0.5) is 0 Å². The second-order valence-corrected chi connectivity index (χ2v) is 7.31. The van der Waals surface area contributed by atoms with Crippen molar-refractivity contribution in [3.8, 4) is 18.1 Å². The average Bonchev–Trinajstić information content (AvgIpc) is 2.58. The van der Waals surface area contributed by atoms with E-state index in [1.807, 2.05) is 0 Å². The number of carbonyl (C=O) groups excluding carboxylic acids is 1. The number of ether oxygens (including phenoxy) is 1. The van der Waals surface area contributed by atoms with Crippen molar-refractivity contribution in [3.05, 3.63) is 59.2 Å². The van der Waals surface area contributed by atoms with Gasteiger partial charge in [-0.15, -0.1) is 6.42 Å². The Morgan fingerprint density at radius 3 is 2.32 bits per heavy atom. The minimum Gasteiger partial charge on any atom is -0.480 e. The van der Waals surface area contributed by atoms with Crippen molar-refractivity contribution in [2.75, 3.05) is 6.61 Å². The molecule has 8 heteroatoms. The first kappa shape index (κ1) is 18.5. The van der Waals surface area contributed by atoms with Crippen molar-refractivity contribution in [2.24, 2.45) is 0 Å². The van der Waals surface area contributed by atoms with Crippen LogP contribution in [-0.2, 0) is 9.05 Å². The Morgan fingerprint density at radius 2 is 1.80 bits per heavy atom. The highest BCUT2D eigenvalue weighted by Crippen LogP contribution is 2.32. The van der Waals surface area contributed by atoms with Gasteiger partial charge in [-0.2, -0.15) is 0 Å². The highest BCUT2D eigenvalue weighted by Gasteiger charge is 2.28. The molecule has 0 spiro atoms. The molecule has 0 unspecified atom stereocenters. The summed E-state index contributed by atoms with van der Waals surface area (Å²) in [6.07, 6.45) is 5.11. The molecule has 2 rings (SSSR count). The number of hydrogen-bond acceptors (Lipinski definition) is 5.